The van der Waals surface area contributed by atoms with Gasteiger partial charge in [-0.05, 0) is 13.0 Å². The zero-order valence-electron chi connectivity index (χ0n) is 9.03. The maximum absolute atomic E-state index is 6.40. The van der Waals surface area contributed by atoms with Crippen LogP contribution in [0.3, 0.4) is 0 Å². The zero-order valence-corrected chi connectivity index (χ0v) is 9.78. The van der Waals surface area contributed by atoms with Crippen LogP contribution in [-0.2, 0) is 7.05 Å². The van der Waals surface area contributed by atoms with E-state index in [1.165, 1.54) is 0 Å². The highest BCUT2D eigenvalue weighted by atomic mass is 35.5. The number of aryl methyl sites for hydroxylation is 2. The summed E-state index contributed by atoms with van der Waals surface area (Å²) in [6, 6.07) is 7.87. The average molecular weight is 232 g/mol. The van der Waals surface area contributed by atoms with Gasteiger partial charge < -0.3 is 0 Å². The molecule has 0 bridgehead atoms. The van der Waals surface area contributed by atoms with E-state index < -0.39 is 0 Å². The van der Waals surface area contributed by atoms with Gasteiger partial charge in [-0.2, -0.15) is 5.10 Å². The third-order valence-electron chi connectivity index (χ3n) is 2.78. The minimum Gasteiger partial charge on any atom is -0.250 e. The molecule has 0 radical (unpaired) electrons. The summed E-state index contributed by atoms with van der Waals surface area (Å²) in [6.07, 6.45) is 0. The number of para-hydroxylation sites is 1. The molecule has 1 aromatic carbocycles. The number of nitrogens with zero attached hydrogens (tertiary/aromatic N) is 3. The van der Waals surface area contributed by atoms with Gasteiger partial charge >= 0.3 is 0 Å². The molecule has 3 aromatic rings. The van der Waals surface area contributed by atoms with Gasteiger partial charge in [-0.25, -0.2) is 4.98 Å². The van der Waals surface area contributed by atoms with Gasteiger partial charge in [0.05, 0.1) is 21.6 Å². The summed E-state index contributed by atoms with van der Waals surface area (Å²) in [6.45, 7) is 1.95. The SMILES string of the molecule is Cc1nn(C)c2nc3ccccc3c(Cl)c12. The molecular weight excluding hydrogens is 222 g/mol. The number of pyridine rings is 1. The van der Waals surface area contributed by atoms with Gasteiger partial charge in [-0.1, -0.05) is 29.8 Å². The van der Waals surface area contributed by atoms with Crippen molar-refractivity contribution in [3.05, 3.63) is 35.0 Å². The van der Waals surface area contributed by atoms with Crippen molar-refractivity contribution in [3.63, 3.8) is 0 Å². The molecule has 4 heteroatoms. The first-order valence-corrected chi connectivity index (χ1v) is 5.44. The Morgan fingerprint density at radius 2 is 2.00 bits per heavy atom. The number of fused-ring (bicyclic) bond motifs is 2. The molecule has 2 heterocycles. The zero-order chi connectivity index (χ0) is 11.3. The van der Waals surface area contributed by atoms with E-state index in [0.29, 0.717) is 0 Å². The molecule has 0 unspecified atom stereocenters. The second-order valence-electron chi connectivity index (χ2n) is 3.85. The van der Waals surface area contributed by atoms with E-state index in [2.05, 4.69) is 10.1 Å². The lowest BCUT2D eigenvalue weighted by Crippen LogP contribution is -1.92. The van der Waals surface area contributed by atoms with Gasteiger partial charge in [0.15, 0.2) is 5.65 Å². The fourth-order valence-corrected chi connectivity index (χ4v) is 2.42. The van der Waals surface area contributed by atoms with Gasteiger partial charge in [0.2, 0.25) is 0 Å². The Balaban J connectivity index is 2.63. The Bertz CT molecular complexity index is 700. The van der Waals surface area contributed by atoms with Crippen LogP contribution in [0.2, 0.25) is 5.02 Å². The average Bonchev–Trinajstić information content (AvgIpc) is 2.55. The van der Waals surface area contributed by atoms with Crippen molar-refractivity contribution in [1.82, 2.24) is 14.8 Å². The highest BCUT2D eigenvalue weighted by Crippen LogP contribution is 2.31. The second kappa shape index (κ2) is 3.19. The third-order valence-corrected chi connectivity index (χ3v) is 3.17. The minimum atomic E-state index is 0.742. The van der Waals surface area contributed by atoms with Crippen molar-refractivity contribution in [3.8, 4) is 0 Å². The Morgan fingerprint density at radius 3 is 2.81 bits per heavy atom. The first-order chi connectivity index (χ1) is 7.68. The Labute approximate surface area is 97.7 Å². The molecule has 0 amide bonds. The maximum atomic E-state index is 6.40. The van der Waals surface area contributed by atoms with Crippen molar-refractivity contribution in [2.75, 3.05) is 0 Å². The number of hydrogen-bond acceptors (Lipinski definition) is 2. The van der Waals surface area contributed by atoms with E-state index in [9.17, 15) is 0 Å². The van der Waals surface area contributed by atoms with E-state index >= 15 is 0 Å². The van der Waals surface area contributed by atoms with Crippen molar-refractivity contribution >= 4 is 33.5 Å². The van der Waals surface area contributed by atoms with Crippen LogP contribution in [-0.4, -0.2) is 14.8 Å². The molecule has 16 heavy (non-hydrogen) atoms. The molecular formula is C12H10ClN3. The molecule has 0 aliphatic rings. The quantitative estimate of drug-likeness (QED) is 0.595. The lowest BCUT2D eigenvalue weighted by Gasteiger charge is -2.02. The summed E-state index contributed by atoms with van der Waals surface area (Å²) in [5.41, 5.74) is 2.66. The van der Waals surface area contributed by atoms with Gasteiger partial charge in [0.25, 0.3) is 0 Å². The highest BCUT2D eigenvalue weighted by molar-refractivity contribution is 6.40. The van der Waals surface area contributed by atoms with Crippen LogP contribution < -0.4 is 0 Å². The fourth-order valence-electron chi connectivity index (χ4n) is 2.04. The second-order valence-corrected chi connectivity index (χ2v) is 4.23. The van der Waals surface area contributed by atoms with E-state index in [-0.39, 0.29) is 0 Å². The van der Waals surface area contributed by atoms with E-state index in [0.717, 1.165) is 32.7 Å². The molecule has 0 saturated carbocycles. The van der Waals surface area contributed by atoms with Crippen molar-refractivity contribution < 1.29 is 0 Å². The first-order valence-electron chi connectivity index (χ1n) is 5.06. The van der Waals surface area contributed by atoms with E-state index in [1.54, 1.807) is 4.68 Å². The Hall–Kier alpha value is -1.61. The first kappa shape index (κ1) is 9.60. The molecule has 0 N–H and O–H groups in total. The lowest BCUT2D eigenvalue weighted by molar-refractivity contribution is 0.775. The van der Waals surface area contributed by atoms with Crippen LogP contribution in [0.5, 0.6) is 0 Å². The fraction of sp³-hybridized carbons (Fsp3) is 0.167. The molecule has 0 atom stereocenters. The molecule has 0 fully saturated rings. The van der Waals surface area contributed by atoms with Gasteiger partial charge in [-0.15, -0.1) is 0 Å². The van der Waals surface area contributed by atoms with Crippen LogP contribution in [0.1, 0.15) is 5.69 Å². The molecule has 3 nitrogen and oxygen atoms in total. The molecule has 2 aromatic heterocycles. The van der Waals surface area contributed by atoms with E-state index in [1.807, 2.05) is 38.2 Å². The summed E-state index contributed by atoms with van der Waals surface area (Å²) in [4.78, 5) is 4.57. The number of rotatable bonds is 0. The van der Waals surface area contributed by atoms with Gasteiger partial charge in [0.1, 0.15) is 0 Å². The van der Waals surface area contributed by atoms with Crippen molar-refractivity contribution in [1.29, 1.82) is 0 Å². The standard InChI is InChI=1S/C12H10ClN3/c1-7-10-11(13)8-5-3-4-6-9(8)14-12(10)16(2)15-7/h3-6H,1-2H3. The summed E-state index contributed by atoms with van der Waals surface area (Å²) >= 11 is 6.40. The van der Waals surface area contributed by atoms with Crippen molar-refractivity contribution in [2.45, 2.75) is 6.92 Å². The van der Waals surface area contributed by atoms with Crippen LogP contribution >= 0.6 is 11.6 Å². The van der Waals surface area contributed by atoms with Crippen LogP contribution in [0, 0.1) is 6.92 Å². The summed E-state index contributed by atoms with van der Waals surface area (Å²) in [5, 5.41) is 7.01. The Kier molecular flexibility index (Phi) is 1.91. The van der Waals surface area contributed by atoms with Gasteiger partial charge in [-0.3, -0.25) is 4.68 Å². The van der Waals surface area contributed by atoms with Gasteiger partial charge in [0, 0.05) is 12.4 Å². The third kappa shape index (κ3) is 1.15. The molecule has 80 valence electrons. The van der Waals surface area contributed by atoms with Crippen LogP contribution in [0.25, 0.3) is 21.9 Å². The monoisotopic (exact) mass is 231 g/mol. The molecule has 0 spiro atoms. The topological polar surface area (TPSA) is 30.7 Å². The molecule has 0 aliphatic carbocycles. The number of benzene rings is 1. The summed E-state index contributed by atoms with van der Waals surface area (Å²) < 4.78 is 1.77. The Morgan fingerprint density at radius 1 is 1.25 bits per heavy atom. The summed E-state index contributed by atoms with van der Waals surface area (Å²) in [5.74, 6) is 0. The molecule has 0 aliphatic heterocycles. The highest BCUT2D eigenvalue weighted by Gasteiger charge is 2.13. The predicted molar refractivity (Wildman–Crippen MR) is 65.8 cm³/mol. The predicted octanol–water partition coefficient (Wildman–Crippen LogP) is 3.08. The van der Waals surface area contributed by atoms with E-state index in [4.69, 9.17) is 11.6 Å². The van der Waals surface area contributed by atoms with Crippen LogP contribution in [0.15, 0.2) is 24.3 Å². The molecule has 0 saturated heterocycles. The van der Waals surface area contributed by atoms with Crippen molar-refractivity contribution in [2.24, 2.45) is 7.05 Å². The van der Waals surface area contributed by atoms with Crippen LogP contribution in [0.4, 0.5) is 0 Å². The lowest BCUT2D eigenvalue weighted by atomic mass is 10.1. The molecule has 3 rings (SSSR count). The summed E-state index contributed by atoms with van der Waals surface area (Å²) in [7, 11) is 1.88. The number of aromatic nitrogens is 3. The number of hydrogen-bond donors (Lipinski definition) is 0. The normalized spacial score (nSPS) is 11.4. The maximum Gasteiger partial charge on any atom is 0.159 e. The largest absolute Gasteiger partial charge is 0.250 e. The smallest absolute Gasteiger partial charge is 0.159 e. The number of halogens is 1. The minimum absolute atomic E-state index is 0.742.